The Bertz CT molecular complexity index is 347. The van der Waals surface area contributed by atoms with E-state index in [1.807, 2.05) is 12.1 Å². The molecular formula is C12H18BrClN+. The van der Waals surface area contributed by atoms with Gasteiger partial charge in [-0.2, -0.15) is 0 Å². The van der Waals surface area contributed by atoms with E-state index in [-0.39, 0.29) is 0 Å². The summed E-state index contributed by atoms with van der Waals surface area (Å²) >= 11 is 9.47. The molecule has 0 spiro atoms. The molecule has 0 saturated carbocycles. The highest BCUT2D eigenvalue weighted by molar-refractivity contribution is 9.10. The third-order valence-electron chi connectivity index (χ3n) is 2.97. The molecule has 0 radical (unpaired) electrons. The van der Waals surface area contributed by atoms with Crippen LogP contribution in [0.15, 0.2) is 22.7 Å². The average molecular weight is 292 g/mol. The lowest BCUT2D eigenvalue weighted by Crippen LogP contribution is -2.44. The predicted molar refractivity (Wildman–Crippen MR) is 70.1 cm³/mol. The Morgan fingerprint density at radius 3 is 2.40 bits per heavy atom. The molecular weight excluding hydrogens is 273 g/mol. The highest BCUT2D eigenvalue weighted by Gasteiger charge is 2.20. The summed E-state index contributed by atoms with van der Waals surface area (Å²) in [4.78, 5) is 0. The molecule has 0 bridgehead atoms. The van der Waals surface area contributed by atoms with Crippen LogP contribution in [0, 0.1) is 0 Å². The number of benzene rings is 1. The fourth-order valence-electron chi connectivity index (χ4n) is 1.29. The first-order chi connectivity index (χ1) is 6.83. The van der Waals surface area contributed by atoms with Gasteiger partial charge in [-0.3, -0.25) is 0 Å². The second kappa shape index (κ2) is 4.86. The molecule has 1 aromatic rings. The van der Waals surface area contributed by atoms with Crippen LogP contribution in [0.2, 0.25) is 5.02 Å². The molecule has 0 unspecified atom stereocenters. The Labute approximate surface area is 106 Å². The van der Waals surface area contributed by atoms with E-state index in [1.54, 1.807) is 0 Å². The van der Waals surface area contributed by atoms with Crippen LogP contribution >= 0.6 is 27.5 Å². The zero-order valence-corrected chi connectivity index (χ0v) is 12.1. The van der Waals surface area contributed by atoms with E-state index >= 15 is 0 Å². The van der Waals surface area contributed by atoms with Crippen molar-refractivity contribution in [2.45, 2.75) is 26.4 Å². The van der Waals surface area contributed by atoms with Crippen LogP contribution in [-0.2, 0) is 6.54 Å². The lowest BCUT2D eigenvalue weighted by atomic mass is 10.1. The maximum atomic E-state index is 6.07. The smallest absolute Gasteiger partial charge is 0.104 e. The summed E-state index contributed by atoms with van der Waals surface area (Å²) in [5.41, 5.74) is 1.28. The van der Waals surface area contributed by atoms with Gasteiger partial charge < -0.3 is 4.48 Å². The summed E-state index contributed by atoms with van der Waals surface area (Å²) in [5, 5.41) is 0.788. The van der Waals surface area contributed by atoms with Crippen LogP contribution in [-0.4, -0.2) is 24.6 Å². The highest BCUT2D eigenvalue weighted by atomic mass is 79.9. The van der Waals surface area contributed by atoms with Gasteiger partial charge in [-0.1, -0.05) is 17.7 Å². The molecule has 0 heterocycles. The van der Waals surface area contributed by atoms with E-state index in [0.717, 1.165) is 20.5 Å². The lowest BCUT2D eigenvalue weighted by Gasteiger charge is -2.34. The van der Waals surface area contributed by atoms with Crippen molar-refractivity contribution in [3.63, 3.8) is 0 Å². The van der Waals surface area contributed by atoms with Gasteiger partial charge in [0.1, 0.15) is 6.54 Å². The first kappa shape index (κ1) is 13.0. The van der Waals surface area contributed by atoms with Crippen molar-refractivity contribution >= 4 is 27.5 Å². The monoisotopic (exact) mass is 290 g/mol. The molecule has 0 N–H and O–H groups in total. The van der Waals surface area contributed by atoms with Crippen molar-refractivity contribution in [3.8, 4) is 0 Å². The quantitative estimate of drug-likeness (QED) is 0.736. The van der Waals surface area contributed by atoms with E-state index in [1.165, 1.54) is 5.56 Å². The Kier molecular flexibility index (Phi) is 4.21. The van der Waals surface area contributed by atoms with Crippen molar-refractivity contribution in [3.05, 3.63) is 33.3 Å². The van der Waals surface area contributed by atoms with Crippen molar-refractivity contribution in [1.82, 2.24) is 0 Å². The van der Waals surface area contributed by atoms with E-state index in [0.29, 0.717) is 6.04 Å². The van der Waals surface area contributed by atoms with Gasteiger partial charge in [0.25, 0.3) is 0 Å². The number of quaternary nitrogens is 1. The maximum absolute atomic E-state index is 6.07. The number of nitrogens with zero attached hydrogens (tertiary/aromatic N) is 1. The third-order valence-corrected chi connectivity index (χ3v) is 4.20. The van der Waals surface area contributed by atoms with E-state index in [2.05, 4.69) is 49.9 Å². The summed E-state index contributed by atoms with van der Waals surface area (Å²) in [6, 6.07) is 6.78. The largest absolute Gasteiger partial charge is 0.323 e. The molecule has 1 aromatic carbocycles. The second-order valence-corrected chi connectivity index (χ2v) is 6.04. The molecule has 0 aromatic heterocycles. The van der Waals surface area contributed by atoms with Gasteiger partial charge in [0.2, 0.25) is 0 Å². The lowest BCUT2D eigenvalue weighted by molar-refractivity contribution is -0.924. The minimum Gasteiger partial charge on any atom is -0.323 e. The standard InChI is InChI=1S/C12H18BrClN/c1-9(2)15(3,4)8-10-5-6-11(13)12(14)7-10/h5-7,9H,8H2,1-4H3/q+1. The molecule has 0 aliphatic rings. The van der Waals surface area contributed by atoms with Crippen molar-refractivity contribution in [2.24, 2.45) is 0 Å². The molecule has 0 aliphatic carbocycles. The van der Waals surface area contributed by atoms with Gasteiger partial charge in [-0.05, 0) is 41.9 Å². The van der Waals surface area contributed by atoms with E-state index in [4.69, 9.17) is 11.6 Å². The minimum atomic E-state index is 0.604. The van der Waals surface area contributed by atoms with Crippen molar-refractivity contribution in [2.75, 3.05) is 14.1 Å². The van der Waals surface area contributed by atoms with Crippen LogP contribution < -0.4 is 0 Å². The van der Waals surface area contributed by atoms with Crippen LogP contribution in [0.5, 0.6) is 0 Å². The normalized spacial score (nSPS) is 12.2. The van der Waals surface area contributed by atoms with Gasteiger partial charge in [-0.15, -0.1) is 0 Å². The topological polar surface area (TPSA) is 0 Å². The molecule has 0 aliphatic heterocycles. The zero-order valence-electron chi connectivity index (χ0n) is 9.72. The predicted octanol–water partition coefficient (Wildman–Crippen LogP) is 4.09. The Morgan fingerprint density at radius 2 is 1.93 bits per heavy atom. The Morgan fingerprint density at radius 1 is 1.33 bits per heavy atom. The van der Waals surface area contributed by atoms with Gasteiger partial charge in [0.05, 0.1) is 25.2 Å². The fourth-order valence-corrected chi connectivity index (χ4v) is 1.74. The first-order valence-electron chi connectivity index (χ1n) is 5.09. The summed E-state index contributed by atoms with van der Waals surface area (Å²) in [6.45, 7) is 5.48. The number of halogens is 2. The van der Waals surface area contributed by atoms with E-state index < -0.39 is 0 Å². The summed E-state index contributed by atoms with van der Waals surface area (Å²) in [7, 11) is 4.47. The molecule has 15 heavy (non-hydrogen) atoms. The summed E-state index contributed by atoms with van der Waals surface area (Å²) < 4.78 is 1.93. The Balaban J connectivity index is 2.86. The molecule has 84 valence electrons. The number of hydrogen-bond donors (Lipinski definition) is 0. The molecule has 3 heteroatoms. The summed E-state index contributed by atoms with van der Waals surface area (Å²) in [5.74, 6) is 0. The van der Waals surface area contributed by atoms with Crippen LogP contribution in [0.4, 0.5) is 0 Å². The van der Waals surface area contributed by atoms with Crippen molar-refractivity contribution < 1.29 is 4.48 Å². The fraction of sp³-hybridized carbons (Fsp3) is 0.500. The maximum Gasteiger partial charge on any atom is 0.104 e. The molecule has 1 nitrogen and oxygen atoms in total. The summed E-state index contributed by atoms with van der Waals surface area (Å²) in [6.07, 6.45) is 0. The van der Waals surface area contributed by atoms with Crippen LogP contribution in [0.1, 0.15) is 19.4 Å². The SMILES string of the molecule is CC(C)[N+](C)(C)Cc1ccc(Br)c(Cl)c1. The van der Waals surface area contributed by atoms with Crippen LogP contribution in [0.25, 0.3) is 0 Å². The van der Waals surface area contributed by atoms with Gasteiger partial charge >= 0.3 is 0 Å². The van der Waals surface area contributed by atoms with E-state index in [9.17, 15) is 0 Å². The molecule has 0 amide bonds. The molecule has 0 fully saturated rings. The molecule has 1 rings (SSSR count). The number of rotatable bonds is 3. The average Bonchev–Trinajstić information content (AvgIpc) is 2.10. The second-order valence-electron chi connectivity index (χ2n) is 4.78. The third kappa shape index (κ3) is 3.47. The number of hydrogen-bond acceptors (Lipinski definition) is 0. The zero-order chi connectivity index (χ0) is 11.6. The molecule has 0 saturated heterocycles. The van der Waals surface area contributed by atoms with Crippen molar-refractivity contribution in [1.29, 1.82) is 0 Å². The van der Waals surface area contributed by atoms with Gasteiger partial charge in [-0.25, -0.2) is 0 Å². The Hall–Kier alpha value is -0.0500. The van der Waals surface area contributed by atoms with Gasteiger partial charge in [0.15, 0.2) is 0 Å². The highest BCUT2D eigenvalue weighted by Crippen LogP contribution is 2.25. The molecule has 0 atom stereocenters. The minimum absolute atomic E-state index is 0.604. The van der Waals surface area contributed by atoms with Gasteiger partial charge in [0, 0.05) is 10.0 Å². The first-order valence-corrected chi connectivity index (χ1v) is 6.26. The van der Waals surface area contributed by atoms with Crippen LogP contribution in [0.3, 0.4) is 0 Å².